The smallest absolute Gasteiger partial charge is 0.404 e. The Labute approximate surface area is 160 Å². The van der Waals surface area contributed by atoms with Crippen molar-refractivity contribution in [3.8, 4) is 5.75 Å². The molecule has 1 aromatic carbocycles. The SMILES string of the molecule is Cl.NC(=O)OC1CCN(CCCOc2ccc(F)cc2)C2CCCCC12. The van der Waals surface area contributed by atoms with E-state index in [1.807, 2.05) is 0 Å². The fraction of sp³-hybridized carbons (Fsp3) is 0.632. The lowest BCUT2D eigenvalue weighted by molar-refractivity contribution is -0.0423. The van der Waals surface area contributed by atoms with E-state index in [1.54, 1.807) is 12.1 Å². The van der Waals surface area contributed by atoms with Gasteiger partial charge in [-0.1, -0.05) is 12.8 Å². The highest BCUT2D eigenvalue weighted by atomic mass is 35.5. The maximum Gasteiger partial charge on any atom is 0.404 e. The van der Waals surface area contributed by atoms with Crippen LogP contribution < -0.4 is 10.5 Å². The monoisotopic (exact) mass is 386 g/mol. The highest BCUT2D eigenvalue weighted by molar-refractivity contribution is 5.85. The minimum Gasteiger partial charge on any atom is -0.494 e. The number of benzene rings is 1. The lowest BCUT2D eigenvalue weighted by Crippen LogP contribution is -2.54. The van der Waals surface area contributed by atoms with E-state index in [0.717, 1.165) is 38.8 Å². The van der Waals surface area contributed by atoms with Crippen molar-refractivity contribution < 1.29 is 18.7 Å². The summed E-state index contributed by atoms with van der Waals surface area (Å²) in [6.45, 7) is 2.50. The summed E-state index contributed by atoms with van der Waals surface area (Å²) in [5.74, 6) is 0.843. The number of rotatable bonds is 6. The second kappa shape index (κ2) is 9.97. The topological polar surface area (TPSA) is 64.8 Å². The number of hydrogen-bond acceptors (Lipinski definition) is 4. The Kier molecular flexibility index (Phi) is 7.97. The number of carbonyl (C=O) groups is 1. The van der Waals surface area contributed by atoms with Gasteiger partial charge in [-0.25, -0.2) is 9.18 Å². The predicted molar refractivity (Wildman–Crippen MR) is 100 cm³/mol. The predicted octanol–water partition coefficient (Wildman–Crippen LogP) is 3.74. The Balaban J connectivity index is 0.00000243. The molecule has 1 aromatic rings. The van der Waals surface area contributed by atoms with E-state index in [4.69, 9.17) is 15.2 Å². The minimum atomic E-state index is -0.657. The molecule has 0 radical (unpaired) electrons. The van der Waals surface area contributed by atoms with Crippen LogP contribution in [-0.2, 0) is 4.74 Å². The van der Waals surface area contributed by atoms with Crippen LogP contribution in [0.4, 0.5) is 9.18 Å². The summed E-state index contributed by atoms with van der Waals surface area (Å²) in [5, 5.41) is 0. The molecule has 1 saturated heterocycles. The van der Waals surface area contributed by atoms with Crippen LogP contribution in [0.3, 0.4) is 0 Å². The van der Waals surface area contributed by atoms with E-state index in [0.29, 0.717) is 24.3 Å². The number of amides is 1. The molecule has 3 atom stereocenters. The van der Waals surface area contributed by atoms with Gasteiger partial charge >= 0.3 is 6.09 Å². The third kappa shape index (κ3) is 5.48. The third-order valence-corrected chi connectivity index (χ3v) is 5.37. The number of ether oxygens (including phenoxy) is 2. The average molecular weight is 387 g/mol. The zero-order chi connectivity index (χ0) is 17.6. The number of carbonyl (C=O) groups excluding carboxylic acids is 1. The molecular formula is C19H28ClFN2O3. The van der Waals surface area contributed by atoms with Gasteiger partial charge in [0.1, 0.15) is 17.7 Å². The zero-order valence-corrected chi connectivity index (χ0v) is 15.8. The van der Waals surface area contributed by atoms with E-state index in [1.165, 1.54) is 25.0 Å². The van der Waals surface area contributed by atoms with Crippen LogP contribution in [0.2, 0.25) is 0 Å². The van der Waals surface area contributed by atoms with Crippen LogP contribution >= 0.6 is 12.4 Å². The summed E-state index contributed by atoms with van der Waals surface area (Å²) in [4.78, 5) is 13.6. The van der Waals surface area contributed by atoms with E-state index < -0.39 is 6.09 Å². The molecule has 2 N–H and O–H groups in total. The first-order valence-electron chi connectivity index (χ1n) is 9.22. The molecular weight excluding hydrogens is 359 g/mol. The van der Waals surface area contributed by atoms with Crippen molar-refractivity contribution in [2.45, 2.75) is 50.7 Å². The number of piperidine rings is 1. The first-order chi connectivity index (χ1) is 12.1. The number of halogens is 2. The van der Waals surface area contributed by atoms with Gasteiger partial charge in [-0.15, -0.1) is 12.4 Å². The molecule has 3 rings (SSSR count). The number of hydrogen-bond donors (Lipinski definition) is 1. The molecule has 2 aliphatic rings. The lowest BCUT2D eigenvalue weighted by atomic mass is 9.76. The molecule has 0 spiro atoms. The summed E-state index contributed by atoms with van der Waals surface area (Å²) in [5.41, 5.74) is 5.23. The normalized spacial score (nSPS) is 25.7. The van der Waals surface area contributed by atoms with Gasteiger partial charge in [-0.3, -0.25) is 4.90 Å². The van der Waals surface area contributed by atoms with Crippen molar-refractivity contribution in [1.82, 2.24) is 4.90 Å². The average Bonchev–Trinajstić information content (AvgIpc) is 2.61. The molecule has 1 heterocycles. The van der Waals surface area contributed by atoms with Gasteiger partial charge < -0.3 is 15.2 Å². The molecule has 0 aromatic heterocycles. The maximum absolute atomic E-state index is 12.9. The summed E-state index contributed by atoms with van der Waals surface area (Å²) in [6, 6.07) is 6.59. The minimum absolute atomic E-state index is 0. The summed E-state index contributed by atoms with van der Waals surface area (Å²) in [7, 11) is 0. The third-order valence-electron chi connectivity index (χ3n) is 5.37. The highest BCUT2D eigenvalue weighted by Gasteiger charge is 2.40. The zero-order valence-electron chi connectivity index (χ0n) is 14.9. The number of nitrogens with zero attached hydrogens (tertiary/aromatic N) is 1. The van der Waals surface area contributed by atoms with Crippen LogP contribution in [-0.4, -0.2) is 42.8 Å². The lowest BCUT2D eigenvalue weighted by Gasteiger charge is -2.47. The molecule has 1 amide bonds. The second-order valence-electron chi connectivity index (χ2n) is 6.97. The molecule has 146 valence electrons. The largest absolute Gasteiger partial charge is 0.494 e. The standard InChI is InChI=1S/C19H27FN2O3.ClH/c20-14-6-8-15(9-7-14)24-13-3-11-22-12-10-18(25-19(21)23)16-4-1-2-5-17(16)22;/h6-9,16-18H,1-5,10-13H2,(H2,21,23);1H. The van der Waals surface area contributed by atoms with Gasteiger partial charge in [-0.2, -0.15) is 0 Å². The van der Waals surface area contributed by atoms with Gasteiger partial charge in [0.2, 0.25) is 0 Å². The quantitative estimate of drug-likeness (QED) is 0.756. The molecule has 26 heavy (non-hydrogen) atoms. The molecule has 0 bridgehead atoms. The van der Waals surface area contributed by atoms with Gasteiger partial charge in [0.05, 0.1) is 6.61 Å². The Bertz CT molecular complexity index is 572. The Morgan fingerprint density at radius 2 is 1.92 bits per heavy atom. The number of nitrogens with two attached hydrogens (primary N) is 1. The molecule has 2 fully saturated rings. The molecule has 1 aliphatic heterocycles. The van der Waals surface area contributed by atoms with E-state index >= 15 is 0 Å². The molecule has 7 heteroatoms. The van der Waals surface area contributed by atoms with Crippen LogP contribution in [0, 0.1) is 11.7 Å². The van der Waals surface area contributed by atoms with Crippen LogP contribution in [0.1, 0.15) is 38.5 Å². The first-order valence-corrected chi connectivity index (χ1v) is 9.22. The van der Waals surface area contributed by atoms with Crippen LogP contribution in [0.25, 0.3) is 0 Å². The maximum atomic E-state index is 12.9. The Hall–Kier alpha value is -1.53. The van der Waals surface area contributed by atoms with Gasteiger partial charge in [0.15, 0.2) is 0 Å². The second-order valence-corrected chi connectivity index (χ2v) is 6.97. The van der Waals surface area contributed by atoms with Crippen molar-refractivity contribution >= 4 is 18.5 Å². The van der Waals surface area contributed by atoms with E-state index in [2.05, 4.69) is 4.90 Å². The fourth-order valence-corrected chi connectivity index (χ4v) is 4.26. The molecule has 3 unspecified atom stereocenters. The fourth-order valence-electron chi connectivity index (χ4n) is 4.26. The molecule has 5 nitrogen and oxygen atoms in total. The first kappa shape index (κ1) is 20.8. The van der Waals surface area contributed by atoms with Crippen molar-refractivity contribution in [2.75, 3.05) is 19.7 Å². The van der Waals surface area contributed by atoms with Crippen molar-refractivity contribution in [3.63, 3.8) is 0 Å². The van der Waals surface area contributed by atoms with Crippen LogP contribution in [0.5, 0.6) is 5.75 Å². The van der Waals surface area contributed by atoms with E-state index in [-0.39, 0.29) is 24.3 Å². The van der Waals surface area contributed by atoms with Gasteiger partial charge in [0.25, 0.3) is 0 Å². The molecule has 1 saturated carbocycles. The van der Waals surface area contributed by atoms with Gasteiger partial charge in [-0.05, 0) is 49.9 Å². The summed E-state index contributed by atoms with van der Waals surface area (Å²) in [6.07, 6.45) is 5.76. The highest BCUT2D eigenvalue weighted by Crippen LogP contribution is 2.37. The summed E-state index contributed by atoms with van der Waals surface area (Å²) >= 11 is 0. The number of fused-ring (bicyclic) bond motifs is 1. The number of primary amides is 1. The van der Waals surface area contributed by atoms with Crippen LogP contribution in [0.15, 0.2) is 24.3 Å². The van der Waals surface area contributed by atoms with Crippen molar-refractivity contribution in [3.05, 3.63) is 30.1 Å². The van der Waals surface area contributed by atoms with E-state index in [9.17, 15) is 9.18 Å². The Morgan fingerprint density at radius 3 is 2.65 bits per heavy atom. The van der Waals surface area contributed by atoms with Crippen molar-refractivity contribution in [1.29, 1.82) is 0 Å². The van der Waals surface area contributed by atoms with Crippen molar-refractivity contribution in [2.24, 2.45) is 11.7 Å². The Morgan fingerprint density at radius 1 is 1.19 bits per heavy atom. The number of likely N-dealkylation sites (tertiary alicyclic amines) is 1. The summed E-state index contributed by atoms with van der Waals surface area (Å²) < 4.78 is 23.9. The molecule has 1 aliphatic carbocycles. The van der Waals surface area contributed by atoms with Gasteiger partial charge in [0, 0.05) is 25.0 Å².